The Balaban J connectivity index is 2.11. The number of nitrogens with zero attached hydrogens (tertiary/aromatic N) is 2. The minimum atomic E-state index is -0.529. The molecule has 0 amide bonds. The Morgan fingerprint density at radius 3 is 2.57 bits per heavy atom. The highest BCUT2D eigenvalue weighted by Gasteiger charge is 2.25. The van der Waals surface area contributed by atoms with Crippen molar-refractivity contribution in [1.29, 1.82) is 0 Å². The topological polar surface area (TPSA) is 99.5 Å². The Morgan fingerprint density at radius 1 is 1.17 bits per heavy atom. The van der Waals surface area contributed by atoms with Crippen LogP contribution in [0, 0.1) is 17.0 Å². The number of non-ortho nitro benzene ring substituents is 1. The number of aliphatic hydroxyl groups is 2. The van der Waals surface area contributed by atoms with E-state index in [1.54, 1.807) is 35.2 Å². The number of aliphatic hydroxyl groups excluding tert-OH is 2. The summed E-state index contributed by atoms with van der Waals surface area (Å²) in [5.74, 6) is -0.233. The highest BCUT2D eigenvalue weighted by Crippen LogP contribution is 2.23. The zero-order valence-electron chi connectivity index (χ0n) is 16.1. The van der Waals surface area contributed by atoms with Crippen LogP contribution in [0.2, 0.25) is 0 Å². The van der Waals surface area contributed by atoms with E-state index in [0.29, 0.717) is 5.56 Å². The summed E-state index contributed by atoms with van der Waals surface area (Å²) in [5.41, 5.74) is 2.75. The van der Waals surface area contributed by atoms with Crippen LogP contribution in [0.4, 0.5) is 11.4 Å². The smallest absolute Gasteiger partial charge is 0.288 e. The van der Waals surface area contributed by atoms with E-state index in [-0.39, 0.29) is 34.3 Å². The van der Waals surface area contributed by atoms with Gasteiger partial charge in [0.05, 0.1) is 11.5 Å². The molecule has 0 aliphatic heterocycles. The van der Waals surface area contributed by atoms with Gasteiger partial charge in [0.1, 0.15) is 0 Å². The van der Waals surface area contributed by atoms with Gasteiger partial charge in [-0.05, 0) is 25.1 Å². The zero-order chi connectivity index (χ0) is 21.7. The molecule has 1 heterocycles. The lowest BCUT2D eigenvalue weighted by atomic mass is 10.1. The van der Waals surface area contributed by atoms with E-state index in [1.807, 2.05) is 31.2 Å². The number of nitrogens with one attached hydrogen (secondary N) is 1. The second-order valence-corrected chi connectivity index (χ2v) is 7.01. The highest BCUT2D eigenvalue weighted by molar-refractivity contribution is 7.81. The van der Waals surface area contributed by atoms with Crippen LogP contribution in [0.15, 0.2) is 73.1 Å². The number of anilines is 1. The zero-order valence-corrected chi connectivity index (χ0v) is 17.0. The lowest BCUT2D eigenvalue weighted by molar-refractivity contribution is -0.576. The summed E-state index contributed by atoms with van der Waals surface area (Å²) in [6, 6.07) is 16.7. The number of aryl methyl sites for hydroxylation is 1. The summed E-state index contributed by atoms with van der Waals surface area (Å²) in [7, 11) is 0. The van der Waals surface area contributed by atoms with Gasteiger partial charge in [0.2, 0.25) is 0 Å². The first kappa shape index (κ1) is 21.1. The molecular weight excluding hydrogens is 402 g/mol. The molecule has 30 heavy (non-hydrogen) atoms. The van der Waals surface area contributed by atoms with Crippen LogP contribution in [0.1, 0.15) is 16.7 Å². The molecule has 0 saturated heterocycles. The molecule has 3 N–H and O–H groups in total. The van der Waals surface area contributed by atoms with Crippen molar-refractivity contribution in [3.63, 3.8) is 0 Å². The monoisotopic (exact) mass is 422 g/mol. The van der Waals surface area contributed by atoms with Crippen LogP contribution < -0.4 is 9.88 Å². The van der Waals surface area contributed by atoms with Crippen molar-refractivity contribution in [2.24, 2.45) is 0 Å². The number of nitro groups is 1. The molecule has 0 spiro atoms. The standard InChI is InChI=1S/C22H19N3O4S/c1-15-7-9-18(10-8-15)23-22(30)20(24-11-3-4-16(13-24)14-26)21(27)17-5-2-6-19(12-17)25(28)29/h2-13,26H,14H2,1H3,(H-,23,27,30)/p+1. The normalized spacial score (nSPS) is 11.5. The minimum Gasteiger partial charge on any atom is -0.502 e. The van der Waals surface area contributed by atoms with E-state index in [2.05, 4.69) is 5.32 Å². The first-order valence-electron chi connectivity index (χ1n) is 9.06. The molecule has 0 atom stereocenters. The SMILES string of the molecule is Cc1ccc(NC(=S)/C(=C(\O)c2cccc([N+](=O)[O-])c2)[n+]2cccc(CO)c2)cc1. The number of rotatable bonds is 6. The van der Waals surface area contributed by atoms with Crippen LogP contribution in [-0.2, 0) is 6.61 Å². The fraction of sp³-hybridized carbons (Fsp3) is 0.0909. The summed E-state index contributed by atoms with van der Waals surface area (Å²) >= 11 is 5.57. The fourth-order valence-electron chi connectivity index (χ4n) is 2.83. The lowest BCUT2D eigenvalue weighted by Gasteiger charge is -2.11. The van der Waals surface area contributed by atoms with Gasteiger partial charge in [-0.25, -0.2) is 0 Å². The van der Waals surface area contributed by atoms with Crippen LogP contribution >= 0.6 is 12.2 Å². The third-order valence-electron chi connectivity index (χ3n) is 4.38. The van der Waals surface area contributed by atoms with Gasteiger partial charge in [-0.15, -0.1) is 0 Å². The molecular formula is C22H20N3O4S+. The number of nitro benzene ring substituents is 1. The second-order valence-electron chi connectivity index (χ2n) is 6.60. The van der Waals surface area contributed by atoms with E-state index in [1.165, 1.54) is 18.2 Å². The van der Waals surface area contributed by atoms with Crippen LogP contribution in [0.3, 0.4) is 0 Å². The van der Waals surface area contributed by atoms with E-state index >= 15 is 0 Å². The van der Waals surface area contributed by atoms with Crippen LogP contribution in [-0.4, -0.2) is 20.1 Å². The first-order valence-corrected chi connectivity index (χ1v) is 9.47. The van der Waals surface area contributed by atoms with Gasteiger partial charge in [0.25, 0.3) is 11.4 Å². The summed E-state index contributed by atoms with van der Waals surface area (Å²) in [4.78, 5) is 10.8. The minimum absolute atomic E-state index is 0.148. The maximum atomic E-state index is 11.1. The molecule has 0 radical (unpaired) electrons. The van der Waals surface area contributed by atoms with Crippen molar-refractivity contribution >= 4 is 40.0 Å². The van der Waals surface area contributed by atoms with Crippen molar-refractivity contribution in [2.45, 2.75) is 13.5 Å². The number of aromatic nitrogens is 1. The third-order valence-corrected chi connectivity index (χ3v) is 4.68. The van der Waals surface area contributed by atoms with Gasteiger partial charge in [-0.2, -0.15) is 4.57 Å². The Morgan fingerprint density at radius 2 is 1.90 bits per heavy atom. The van der Waals surface area contributed by atoms with Gasteiger partial charge in [0, 0.05) is 35.0 Å². The molecule has 3 rings (SSSR count). The summed E-state index contributed by atoms with van der Waals surface area (Å²) in [6.07, 6.45) is 3.30. The van der Waals surface area contributed by atoms with Crippen molar-refractivity contribution in [1.82, 2.24) is 0 Å². The molecule has 0 unspecified atom stereocenters. The molecule has 0 saturated carbocycles. The highest BCUT2D eigenvalue weighted by atomic mass is 32.1. The van der Waals surface area contributed by atoms with Gasteiger partial charge < -0.3 is 15.5 Å². The second kappa shape index (κ2) is 9.25. The van der Waals surface area contributed by atoms with E-state index < -0.39 is 4.92 Å². The van der Waals surface area contributed by atoms with Crippen molar-refractivity contribution in [2.75, 3.05) is 5.32 Å². The van der Waals surface area contributed by atoms with Crippen LogP contribution in [0.25, 0.3) is 11.5 Å². The van der Waals surface area contributed by atoms with E-state index in [0.717, 1.165) is 11.3 Å². The fourth-order valence-corrected chi connectivity index (χ4v) is 3.15. The van der Waals surface area contributed by atoms with Gasteiger partial charge in [0.15, 0.2) is 23.1 Å². The predicted octanol–water partition coefficient (Wildman–Crippen LogP) is 4.01. The molecule has 0 fully saturated rings. The van der Waals surface area contributed by atoms with Gasteiger partial charge >= 0.3 is 0 Å². The molecule has 7 nitrogen and oxygen atoms in total. The largest absolute Gasteiger partial charge is 0.502 e. The summed E-state index contributed by atoms with van der Waals surface area (Å²) < 4.78 is 1.57. The molecule has 3 aromatic rings. The molecule has 2 aromatic carbocycles. The molecule has 152 valence electrons. The molecule has 0 aliphatic carbocycles. The van der Waals surface area contributed by atoms with E-state index in [9.17, 15) is 20.3 Å². The Labute approximate surface area is 178 Å². The van der Waals surface area contributed by atoms with Gasteiger partial charge in [-0.1, -0.05) is 42.0 Å². The van der Waals surface area contributed by atoms with Crippen molar-refractivity contribution in [3.8, 4) is 0 Å². The average molecular weight is 422 g/mol. The first-order chi connectivity index (χ1) is 14.4. The quantitative estimate of drug-likeness (QED) is 0.139. The van der Waals surface area contributed by atoms with Gasteiger partial charge in [-0.3, -0.25) is 10.1 Å². The maximum absolute atomic E-state index is 11.1. The number of benzene rings is 2. The Kier molecular flexibility index (Phi) is 6.51. The molecule has 8 heteroatoms. The maximum Gasteiger partial charge on any atom is 0.288 e. The summed E-state index contributed by atoms with van der Waals surface area (Å²) in [6.45, 7) is 1.78. The molecule has 0 bridgehead atoms. The Bertz CT molecular complexity index is 1130. The predicted molar refractivity (Wildman–Crippen MR) is 119 cm³/mol. The Hall–Kier alpha value is -3.62. The average Bonchev–Trinajstić information content (AvgIpc) is 2.75. The number of thiocarbonyl (C=S) groups is 1. The number of pyridine rings is 1. The summed E-state index contributed by atoms with van der Waals surface area (Å²) in [5, 5.41) is 34.8. The number of hydrogen-bond acceptors (Lipinski definition) is 5. The molecule has 1 aromatic heterocycles. The third kappa shape index (κ3) is 4.86. The van der Waals surface area contributed by atoms with Crippen molar-refractivity contribution < 1.29 is 19.7 Å². The van der Waals surface area contributed by atoms with Crippen molar-refractivity contribution in [3.05, 3.63) is 99.9 Å². The van der Waals surface area contributed by atoms with E-state index in [4.69, 9.17) is 12.2 Å². The number of hydrogen-bond donors (Lipinski definition) is 3. The van der Waals surface area contributed by atoms with Crippen LogP contribution in [0.5, 0.6) is 0 Å². The molecule has 0 aliphatic rings. The lowest BCUT2D eigenvalue weighted by Crippen LogP contribution is -2.39.